The Morgan fingerprint density at radius 1 is 0.944 bits per heavy atom. The highest BCUT2D eigenvalue weighted by Gasteiger charge is 2.20. The predicted molar refractivity (Wildman–Crippen MR) is 135 cm³/mol. The van der Waals surface area contributed by atoms with Crippen molar-refractivity contribution in [1.82, 2.24) is 9.97 Å². The van der Waals surface area contributed by atoms with Crippen molar-refractivity contribution in [2.24, 2.45) is 0 Å². The second-order valence-electron chi connectivity index (χ2n) is 8.44. The van der Waals surface area contributed by atoms with Crippen LogP contribution in [0.3, 0.4) is 0 Å². The first kappa shape index (κ1) is 24.6. The first-order valence-corrected chi connectivity index (χ1v) is 11.6. The van der Waals surface area contributed by atoms with Gasteiger partial charge in [0, 0.05) is 24.0 Å². The van der Waals surface area contributed by atoms with Crippen LogP contribution in [-0.2, 0) is 9.53 Å². The minimum Gasteiger partial charge on any atom is -0.459 e. The standard InChI is InChI=1S/C25H26N6O5/c1-16(32)27-18-11-13-20(14-12-18)29-25-26-15-22(31(34)35)23(30-25)28-19-9-7-17(8-10-19)24(33)36-21-5-3-2-4-6-21/h7-15,21H,2-6H2,1H3,(H,27,32)(H2,26,28,29,30). The molecule has 1 aliphatic rings. The van der Waals surface area contributed by atoms with Crippen molar-refractivity contribution in [2.75, 3.05) is 16.0 Å². The van der Waals surface area contributed by atoms with E-state index in [1.807, 2.05) is 0 Å². The summed E-state index contributed by atoms with van der Waals surface area (Å²) in [7, 11) is 0. The van der Waals surface area contributed by atoms with Gasteiger partial charge in [-0.2, -0.15) is 4.98 Å². The summed E-state index contributed by atoms with van der Waals surface area (Å²) in [4.78, 5) is 42.8. The summed E-state index contributed by atoms with van der Waals surface area (Å²) >= 11 is 0. The number of nitrogens with zero attached hydrogens (tertiary/aromatic N) is 3. The van der Waals surface area contributed by atoms with E-state index in [0.717, 1.165) is 31.9 Å². The van der Waals surface area contributed by atoms with Gasteiger partial charge in [-0.3, -0.25) is 14.9 Å². The Labute approximate surface area is 207 Å². The zero-order valence-electron chi connectivity index (χ0n) is 19.7. The van der Waals surface area contributed by atoms with Crippen LogP contribution < -0.4 is 16.0 Å². The Kier molecular flexibility index (Phi) is 7.69. The maximum Gasteiger partial charge on any atom is 0.338 e. The van der Waals surface area contributed by atoms with E-state index in [4.69, 9.17) is 4.74 Å². The first-order valence-electron chi connectivity index (χ1n) is 11.6. The number of carbonyl (C=O) groups excluding carboxylic acids is 2. The van der Waals surface area contributed by atoms with Gasteiger partial charge in [0.25, 0.3) is 0 Å². The van der Waals surface area contributed by atoms with Gasteiger partial charge in [-0.1, -0.05) is 6.42 Å². The summed E-state index contributed by atoms with van der Waals surface area (Å²) in [6, 6.07) is 13.3. The molecular formula is C25H26N6O5. The molecule has 0 aliphatic heterocycles. The summed E-state index contributed by atoms with van der Waals surface area (Å²) in [5, 5.41) is 20.1. The Hall–Kier alpha value is -4.54. The van der Waals surface area contributed by atoms with Gasteiger partial charge in [0.05, 0.1) is 10.5 Å². The molecule has 1 amide bonds. The molecule has 1 heterocycles. The second-order valence-corrected chi connectivity index (χ2v) is 8.44. The molecule has 0 bridgehead atoms. The van der Waals surface area contributed by atoms with Crippen LogP contribution in [0.1, 0.15) is 49.4 Å². The van der Waals surface area contributed by atoms with Gasteiger partial charge >= 0.3 is 11.7 Å². The van der Waals surface area contributed by atoms with Crippen molar-refractivity contribution < 1.29 is 19.2 Å². The van der Waals surface area contributed by atoms with E-state index in [9.17, 15) is 19.7 Å². The minimum absolute atomic E-state index is 0.00935. The Balaban J connectivity index is 1.45. The molecule has 1 fully saturated rings. The van der Waals surface area contributed by atoms with Gasteiger partial charge in [0.2, 0.25) is 17.7 Å². The highest BCUT2D eigenvalue weighted by molar-refractivity contribution is 5.90. The zero-order valence-corrected chi connectivity index (χ0v) is 19.7. The number of hydrogen-bond donors (Lipinski definition) is 3. The Bertz CT molecular complexity index is 1240. The molecule has 1 saturated carbocycles. The predicted octanol–water partition coefficient (Wildman–Crippen LogP) is 5.32. The molecule has 0 spiro atoms. The fraction of sp³-hybridized carbons (Fsp3) is 0.280. The molecule has 1 aromatic heterocycles. The molecule has 186 valence electrons. The van der Waals surface area contributed by atoms with Crippen molar-refractivity contribution >= 4 is 46.4 Å². The summed E-state index contributed by atoms with van der Waals surface area (Å²) in [6.07, 6.45) is 6.15. The third kappa shape index (κ3) is 6.53. The van der Waals surface area contributed by atoms with Crippen molar-refractivity contribution in [2.45, 2.75) is 45.1 Å². The zero-order chi connectivity index (χ0) is 25.5. The number of aromatic nitrogens is 2. The molecule has 11 nitrogen and oxygen atoms in total. The third-order valence-electron chi connectivity index (χ3n) is 5.64. The lowest BCUT2D eigenvalue weighted by molar-refractivity contribution is -0.384. The van der Waals surface area contributed by atoms with E-state index < -0.39 is 4.92 Å². The number of nitrogens with one attached hydrogen (secondary N) is 3. The van der Waals surface area contributed by atoms with E-state index in [-0.39, 0.29) is 35.4 Å². The average molecular weight is 491 g/mol. The van der Waals surface area contributed by atoms with Crippen LogP contribution >= 0.6 is 0 Å². The van der Waals surface area contributed by atoms with Gasteiger partial charge in [-0.25, -0.2) is 9.78 Å². The van der Waals surface area contributed by atoms with E-state index in [1.54, 1.807) is 48.5 Å². The van der Waals surface area contributed by atoms with Crippen molar-refractivity contribution in [1.29, 1.82) is 0 Å². The maximum absolute atomic E-state index is 12.4. The van der Waals surface area contributed by atoms with Crippen LogP contribution in [0.4, 0.5) is 34.5 Å². The third-order valence-corrected chi connectivity index (χ3v) is 5.64. The van der Waals surface area contributed by atoms with Crippen LogP contribution in [0.5, 0.6) is 0 Å². The summed E-state index contributed by atoms with van der Waals surface area (Å²) in [5.74, 6) is -0.426. The molecule has 0 unspecified atom stereocenters. The number of rotatable bonds is 8. The van der Waals surface area contributed by atoms with E-state index >= 15 is 0 Å². The lowest BCUT2D eigenvalue weighted by Crippen LogP contribution is -2.20. The van der Waals surface area contributed by atoms with E-state index in [1.165, 1.54) is 13.3 Å². The monoisotopic (exact) mass is 490 g/mol. The number of benzene rings is 2. The second kappa shape index (κ2) is 11.3. The van der Waals surface area contributed by atoms with Crippen LogP contribution in [0.2, 0.25) is 0 Å². The lowest BCUT2D eigenvalue weighted by atomic mass is 9.98. The SMILES string of the molecule is CC(=O)Nc1ccc(Nc2ncc([N+](=O)[O-])c(Nc3ccc(C(=O)OC4CCCCC4)cc3)n2)cc1. The van der Waals surface area contributed by atoms with Gasteiger partial charge in [-0.15, -0.1) is 0 Å². The average Bonchev–Trinajstić information content (AvgIpc) is 2.86. The summed E-state index contributed by atoms with van der Waals surface area (Å²) in [6.45, 7) is 1.42. The topological polar surface area (TPSA) is 148 Å². The molecular weight excluding hydrogens is 464 g/mol. The van der Waals surface area contributed by atoms with Crippen LogP contribution in [0, 0.1) is 10.1 Å². The number of amides is 1. The molecule has 1 aliphatic carbocycles. The number of hydrogen-bond acceptors (Lipinski definition) is 9. The summed E-state index contributed by atoms with van der Waals surface area (Å²) in [5.41, 5.74) is 1.88. The van der Waals surface area contributed by atoms with Gasteiger partial charge < -0.3 is 20.7 Å². The van der Waals surface area contributed by atoms with Gasteiger partial charge in [-0.05, 0) is 74.2 Å². The number of esters is 1. The Morgan fingerprint density at radius 3 is 2.19 bits per heavy atom. The minimum atomic E-state index is -0.579. The van der Waals surface area contributed by atoms with Gasteiger partial charge in [0.1, 0.15) is 12.3 Å². The molecule has 3 N–H and O–H groups in total. The molecule has 0 atom stereocenters. The number of ether oxygens (including phenoxy) is 1. The fourth-order valence-electron chi connectivity index (χ4n) is 3.86. The molecule has 3 aromatic rings. The van der Waals surface area contributed by atoms with E-state index in [2.05, 4.69) is 25.9 Å². The Morgan fingerprint density at radius 2 is 1.56 bits per heavy atom. The highest BCUT2D eigenvalue weighted by atomic mass is 16.6. The maximum atomic E-state index is 12.4. The fourth-order valence-corrected chi connectivity index (χ4v) is 3.86. The van der Waals surface area contributed by atoms with Crippen molar-refractivity contribution in [3.05, 3.63) is 70.4 Å². The summed E-state index contributed by atoms with van der Waals surface area (Å²) < 4.78 is 5.59. The molecule has 4 rings (SSSR count). The number of carbonyl (C=O) groups is 2. The molecule has 11 heteroatoms. The van der Waals surface area contributed by atoms with Crippen molar-refractivity contribution in [3.8, 4) is 0 Å². The van der Waals surface area contributed by atoms with Crippen molar-refractivity contribution in [3.63, 3.8) is 0 Å². The highest BCUT2D eigenvalue weighted by Crippen LogP contribution is 2.28. The quantitative estimate of drug-likeness (QED) is 0.217. The number of nitro groups is 1. The van der Waals surface area contributed by atoms with Crippen LogP contribution in [0.25, 0.3) is 0 Å². The normalized spacial score (nSPS) is 13.5. The lowest BCUT2D eigenvalue weighted by Gasteiger charge is -2.21. The van der Waals surface area contributed by atoms with Gasteiger partial charge in [0.15, 0.2) is 0 Å². The van der Waals surface area contributed by atoms with E-state index in [0.29, 0.717) is 22.6 Å². The molecule has 0 radical (unpaired) electrons. The molecule has 0 saturated heterocycles. The molecule has 2 aromatic carbocycles. The van der Waals surface area contributed by atoms with Crippen LogP contribution in [-0.4, -0.2) is 32.9 Å². The number of anilines is 5. The van der Waals surface area contributed by atoms with Crippen LogP contribution in [0.15, 0.2) is 54.7 Å². The smallest absolute Gasteiger partial charge is 0.338 e. The largest absolute Gasteiger partial charge is 0.459 e. The first-order chi connectivity index (χ1) is 17.4. The molecule has 36 heavy (non-hydrogen) atoms.